The summed E-state index contributed by atoms with van der Waals surface area (Å²) in [6.07, 6.45) is 1.71. The van der Waals surface area contributed by atoms with E-state index in [1.807, 2.05) is 19.1 Å². The second-order valence-electron chi connectivity index (χ2n) is 4.44. The Labute approximate surface area is 109 Å². The summed E-state index contributed by atoms with van der Waals surface area (Å²) < 4.78 is 6.37. The number of rotatable bonds is 3. The van der Waals surface area contributed by atoms with Gasteiger partial charge in [-0.3, -0.25) is 0 Å². The highest BCUT2D eigenvalue weighted by Crippen LogP contribution is 2.45. The molecule has 2 nitrogen and oxygen atoms in total. The zero-order chi connectivity index (χ0) is 11.8. The Bertz CT molecular complexity index is 385. The third-order valence-electron chi connectivity index (χ3n) is 2.75. The molecule has 0 bridgehead atoms. The van der Waals surface area contributed by atoms with E-state index in [2.05, 4.69) is 22.0 Å². The second kappa shape index (κ2) is 4.59. The summed E-state index contributed by atoms with van der Waals surface area (Å²) in [5, 5.41) is 10.2. The van der Waals surface area contributed by atoms with Crippen molar-refractivity contribution in [1.82, 2.24) is 0 Å². The predicted octanol–water partition coefficient (Wildman–Crippen LogP) is 3.46. The molecular weight excluding hydrogens is 288 g/mol. The SMILES string of the molecule is COc1ccc(Br)cc1SC1CC(C)(O)C1. The zero-order valence-electron chi connectivity index (χ0n) is 9.37. The van der Waals surface area contributed by atoms with Gasteiger partial charge in [-0.1, -0.05) is 15.9 Å². The minimum atomic E-state index is -0.461. The van der Waals surface area contributed by atoms with Crippen LogP contribution in [0.1, 0.15) is 19.8 Å². The Morgan fingerprint density at radius 1 is 1.50 bits per heavy atom. The molecule has 0 radical (unpaired) electrons. The molecule has 0 heterocycles. The Balaban J connectivity index is 2.06. The van der Waals surface area contributed by atoms with Crippen molar-refractivity contribution >= 4 is 27.7 Å². The lowest BCUT2D eigenvalue weighted by molar-refractivity contribution is -0.00945. The smallest absolute Gasteiger partial charge is 0.132 e. The Hall–Kier alpha value is -0.190. The maximum atomic E-state index is 9.69. The number of hydrogen-bond acceptors (Lipinski definition) is 3. The standard InChI is InChI=1S/C12H15BrO2S/c1-12(14)6-9(7-12)16-11-5-8(13)3-4-10(11)15-2/h3-5,9,14H,6-7H2,1-2H3. The number of thioether (sulfide) groups is 1. The molecule has 4 heteroatoms. The summed E-state index contributed by atoms with van der Waals surface area (Å²) in [5.41, 5.74) is -0.461. The van der Waals surface area contributed by atoms with Gasteiger partial charge in [-0.2, -0.15) is 0 Å². The van der Waals surface area contributed by atoms with Crippen LogP contribution < -0.4 is 4.74 Å². The molecule has 1 aliphatic rings. The lowest BCUT2D eigenvalue weighted by Gasteiger charge is -2.40. The summed E-state index contributed by atoms with van der Waals surface area (Å²) in [4.78, 5) is 1.14. The van der Waals surface area contributed by atoms with Gasteiger partial charge in [-0.15, -0.1) is 11.8 Å². The summed E-state index contributed by atoms with van der Waals surface area (Å²) in [7, 11) is 1.68. The monoisotopic (exact) mass is 302 g/mol. The molecule has 0 spiro atoms. The third-order valence-corrected chi connectivity index (χ3v) is 4.49. The highest BCUT2D eigenvalue weighted by molar-refractivity contribution is 9.10. The van der Waals surface area contributed by atoms with Crippen LogP contribution in [0.2, 0.25) is 0 Å². The number of hydrogen-bond donors (Lipinski definition) is 1. The van der Waals surface area contributed by atoms with Gasteiger partial charge in [0, 0.05) is 9.72 Å². The van der Waals surface area contributed by atoms with E-state index in [0.717, 1.165) is 28.0 Å². The van der Waals surface area contributed by atoms with Crippen molar-refractivity contribution < 1.29 is 9.84 Å². The van der Waals surface area contributed by atoms with E-state index in [9.17, 15) is 5.11 Å². The van der Waals surface area contributed by atoms with Gasteiger partial charge in [0.2, 0.25) is 0 Å². The van der Waals surface area contributed by atoms with E-state index >= 15 is 0 Å². The molecule has 16 heavy (non-hydrogen) atoms. The van der Waals surface area contributed by atoms with Crippen molar-refractivity contribution in [1.29, 1.82) is 0 Å². The van der Waals surface area contributed by atoms with E-state index in [1.54, 1.807) is 18.9 Å². The average Bonchev–Trinajstić information content (AvgIpc) is 2.15. The van der Waals surface area contributed by atoms with Crippen LogP contribution in [-0.2, 0) is 0 Å². The zero-order valence-corrected chi connectivity index (χ0v) is 11.8. The van der Waals surface area contributed by atoms with Gasteiger partial charge in [-0.25, -0.2) is 0 Å². The first-order valence-corrected chi connectivity index (χ1v) is 6.90. The summed E-state index contributed by atoms with van der Waals surface area (Å²) >= 11 is 5.24. The fourth-order valence-electron chi connectivity index (χ4n) is 1.93. The number of aliphatic hydroxyl groups is 1. The molecule has 0 unspecified atom stereocenters. The van der Waals surface area contributed by atoms with E-state index in [0.29, 0.717) is 5.25 Å². The minimum Gasteiger partial charge on any atom is -0.496 e. The van der Waals surface area contributed by atoms with Crippen LogP contribution in [0.3, 0.4) is 0 Å². The maximum Gasteiger partial charge on any atom is 0.132 e. The van der Waals surface area contributed by atoms with Crippen molar-refractivity contribution in [2.45, 2.75) is 35.5 Å². The molecule has 2 rings (SSSR count). The fourth-order valence-corrected chi connectivity index (χ4v) is 4.15. The predicted molar refractivity (Wildman–Crippen MR) is 70.2 cm³/mol. The largest absolute Gasteiger partial charge is 0.496 e. The van der Waals surface area contributed by atoms with Crippen LogP contribution in [0.15, 0.2) is 27.6 Å². The van der Waals surface area contributed by atoms with Gasteiger partial charge in [0.25, 0.3) is 0 Å². The summed E-state index contributed by atoms with van der Waals surface area (Å²) in [6, 6.07) is 6.00. The van der Waals surface area contributed by atoms with Crippen LogP contribution in [0.25, 0.3) is 0 Å². The summed E-state index contributed by atoms with van der Waals surface area (Å²) in [5.74, 6) is 0.903. The lowest BCUT2D eigenvalue weighted by atomic mass is 9.82. The third kappa shape index (κ3) is 2.73. The molecule has 1 N–H and O–H groups in total. The Morgan fingerprint density at radius 3 is 2.75 bits per heavy atom. The van der Waals surface area contributed by atoms with Crippen LogP contribution >= 0.6 is 27.7 Å². The van der Waals surface area contributed by atoms with Gasteiger partial charge in [0.05, 0.1) is 17.6 Å². The molecule has 0 aromatic heterocycles. The quantitative estimate of drug-likeness (QED) is 0.927. The second-order valence-corrected chi connectivity index (χ2v) is 6.70. The first-order chi connectivity index (χ1) is 7.50. The fraction of sp³-hybridized carbons (Fsp3) is 0.500. The molecule has 0 aliphatic heterocycles. The van der Waals surface area contributed by atoms with Crippen molar-refractivity contribution in [3.63, 3.8) is 0 Å². The number of ether oxygens (including phenoxy) is 1. The minimum absolute atomic E-state index is 0.461. The lowest BCUT2D eigenvalue weighted by Crippen LogP contribution is -2.42. The Kier molecular flexibility index (Phi) is 3.52. The van der Waals surface area contributed by atoms with Gasteiger partial charge in [-0.05, 0) is 38.0 Å². The highest BCUT2D eigenvalue weighted by Gasteiger charge is 2.39. The van der Waals surface area contributed by atoms with Crippen LogP contribution in [-0.4, -0.2) is 23.1 Å². The summed E-state index contributed by atoms with van der Waals surface area (Å²) in [6.45, 7) is 1.89. The molecule has 0 amide bonds. The van der Waals surface area contributed by atoms with Crippen LogP contribution in [0.4, 0.5) is 0 Å². The number of methoxy groups -OCH3 is 1. The molecule has 1 aromatic rings. The molecule has 1 aliphatic carbocycles. The molecule has 1 fully saturated rings. The van der Waals surface area contributed by atoms with Crippen LogP contribution in [0.5, 0.6) is 5.75 Å². The van der Waals surface area contributed by atoms with E-state index in [1.165, 1.54) is 0 Å². The van der Waals surface area contributed by atoms with Gasteiger partial charge >= 0.3 is 0 Å². The number of halogens is 1. The molecule has 88 valence electrons. The van der Waals surface area contributed by atoms with E-state index in [-0.39, 0.29) is 0 Å². The van der Waals surface area contributed by atoms with Crippen molar-refractivity contribution in [2.24, 2.45) is 0 Å². The van der Waals surface area contributed by atoms with Gasteiger partial charge in [0.1, 0.15) is 5.75 Å². The van der Waals surface area contributed by atoms with Gasteiger partial charge in [0.15, 0.2) is 0 Å². The molecule has 0 atom stereocenters. The first-order valence-electron chi connectivity index (χ1n) is 5.23. The Morgan fingerprint density at radius 2 is 2.19 bits per heavy atom. The normalized spacial score (nSPS) is 28.6. The van der Waals surface area contributed by atoms with Crippen molar-refractivity contribution in [3.05, 3.63) is 22.7 Å². The van der Waals surface area contributed by atoms with Crippen molar-refractivity contribution in [2.75, 3.05) is 7.11 Å². The van der Waals surface area contributed by atoms with E-state index in [4.69, 9.17) is 4.74 Å². The molecule has 1 aromatic carbocycles. The van der Waals surface area contributed by atoms with Crippen molar-refractivity contribution in [3.8, 4) is 5.75 Å². The first kappa shape index (κ1) is 12.3. The average molecular weight is 303 g/mol. The van der Waals surface area contributed by atoms with E-state index < -0.39 is 5.60 Å². The van der Waals surface area contributed by atoms with Crippen LogP contribution in [0, 0.1) is 0 Å². The number of benzene rings is 1. The van der Waals surface area contributed by atoms with Gasteiger partial charge < -0.3 is 9.84 Å². The molecule has 1 saturated carbocycles. The maximum absolute atomic E-state index is 9.69. The molecular formula is C12H15BrO2S. The highest BCUT2D eigenvalue weighted by atomic mass is 79.9. The topological polar surface area (TPSA) is 29.5 Å². The molecule has 0 saturated heterocycles.